The summed E-state index contributed by atoms with van der Waals surface area (Å²) in [7, 11) is 0. The molecule has 4 aromatic rings. The van der Waals surface area contributed by atoms with Crippen molar-refractivity contribution in [1.82, 2.24) is 0 Å². The Morgan fingerprint density at radius 1 is 0.941 bits per heavy atom. The van der Waals surface area contributed by atoms with E-state index in [4.69, 9.17) is 39.2 Å². The van der Waals surface area contributed by atoms with E-state index in [-0.39, 0.29) is 27.1 Å². The number of aliphatic hydroxyl groups excluding tert-OH is 1. The second kappa shape index (κ2) is 8.47. The first kappa shape index (κ1) is 22.5. The van der Waals surface area contributed by atoms with E-state index in [0.29, 0.717) is 21.6 Å². The molecule has 1 N–H and O–H groups in total. The minimum absolute atomic E-state index is 0.0855. The van der Waals surface area contributed by atoms with Gasteiger partial charge in [0.15, 0.2) is 11.5 Å². The predicted octanol–water partition coefficient (Wildman–Crippen LogP) is 7.32. The van der Waals surface area contributed by atoms with Gasteiger partial charge in [0, 0.05) is 16.1 Å². The molecular weight excluding hydrogens is 504 g/mol. The van der Waals surface area contributed by atoms with Gasteiger partial charge in [0.25, 0.3) is 5.91 Å². The number of halogens is 4. The van der Waals surface area contributed by atoms with Crippen molar-refractivity contribution in [2.45, 2.75) is 6.04 Å². The molecule has 34 heavy (non-hydrogen) atoms. The van der Waals surface area contributed by atoms with Crippen molar-refractivity contribution in [2.24, 2.45) is 0 Å². The number of anilines is 1. The fraction of sp³-hybridized carbons (Fsp3) is 0.0400. The van der Waals surface area contributed by atoms with Gasteiger partial charge in [-0.3, -0.25) is 14.5 Å². The highest BCUT2D eigenvalue weighted by Gasteiger charge is 2.45. The van der Waals surface area contributed by atoms with Crippen LogP contribution in [0.3, 0.4) is 0 Å². The van der Waals surface area contributed by atoms with Crippen molar-refractivity contribution in [3.63, 3.8) is 0 Å². The Labute approximate surface area is 207 Å². The maximum atomic E-state index is 13.6. The Morgan fingerprint density at radius 3 is 2.38 bits per heavy atom. The van der Waals surface area contributed by atoms with Crippen molar-refractivity contribution in [2.75, 3.05) is 4.90 Å². The third kappa shape index (κ3) is 3.74. The van der Waals surface area contributed by atoms with Crippen molar-refractivity contribution in [3.05, 3.63) is 110 Å². The van der Waals surface area contributed by atoms with Crippen LogP contribution in [0.5, 0.6) is 0 Å². The second-order valence-corrected chi connectivity index (χ2v) is 8.86. The number of amides is 1. The average molecular weight is 517 g/mol. The zero-order chi connectivity index (χ0) is 24.1. The molecule has 1 aliphatic heterocycles. The van der Waals surface area contributed by atoms with Gasteiger partial charge < -0.3 is 9.52 Å². The van der Waals surface area contributed by atoms with Gasteiger partial charge in [0.2, 0.25) is 5.78 Å². The molecule has 0 saturated heterocycles. The number of fused-ring (bicyclic) bond motifs is 1. The quantitative estimate of drug-likeness (QED) is 0.289. The minimum Gasteiger partial charge on any atom is -0.503 e. The lowest BCUT2D eigenvalue weighted by atomic mass is 9.94. The van der Waals surface area contributed by atoms with Crippen LogP contribution in [0.1, 0.15) is 22.2 Å². The Balaban J connectivity index is 1.67. The number of carbonyl (C=O) groups is 2. The number of hydrogen-bond acceptors (Lipinski definition) is 4. The first-order chi connectivity index (χ1) is 16.2. The number of ketones is 1. The van der Waals surface area contributed by atoms with Gasteiger partial charge in [-0.2, -0.15) is 0 Å². The maximum absolute atomic E-state index is 13.6. The Morgan fingerprint density at radius 2 is 1.68 bits per heavy atom. The molecule has 5 nitrogen and oxygen atoms in total. The zero-order valence-electron chi connectivity index (χ0n) is 17.1. The second-order valence-electron chi connectivity index (χ2n) is 7.61. The molecular formula is C25H13Cl3FNO4. The molecule has 0 saturated carbocycles. The van der Waals surface area contributed by atoms with Crippen LogP contribution in [0.25, 0.3) is 11.0 Å². The molecule has 5 rings (SSSR count). The van der Waals surface area contributed by atoms with Crippen LogP contribution in [0, 0.1) is 5.82 Å². The molecule has 1 unspecified atom stereocenters. The van der Waals surface area contributed by atoms with Gasteiger partial charge in [0.1, 0.15) is 11.4 Å². The van der Waals surface area contributed by atoms with Gasteiger partial charge in [-0.25, -0.2) is 4.39 Å². The molecule has 9 heteroatoms. The topological polar surface area (TPSA) is 70.8 Å². The molecule has 1 atom stereocenters. The molecule has 0 aliphatic carbocycles. The normalized spacial score (nSPS) is 16.1. The number of Topliss-reactive ketones (excluding diaryl/α,β-unsaturated/α-hetero) is 1. The summed E-state index contributed by atoms with van der Waals surface area (Å²) in [4.78, 5) is 27.9. The van der Waals surface area contributed by atoms with Gasteiger partial charge in [-0.15, -0.1) is 0 Å². The third-order valence-corrected chi connectivity index (χ3v) is 6.49. The van der Waals surface area contributed by atoms with Crippen LogP contribution >= 0.6 is 34.8 Å². The van der Waals surface area contributed by atoms with E-state index >= 15 is 0 Å². The van der Waals surface area contributed by atoms with Gasteiger partial charge in [-0.1, -0.05) is 40.9 Å². The fourth-order valence-electron chi connectivity index (χ4n) is 3.96. The molecule has 2 heterocycles. The van der Waals surface area contributed by atoms with Crippen molar-refractivity contribution < 1.29 is 23.5 Å². The summed E-state index contributed by atoms with van der Waals surface area (Å²) in [6.45, 7) is 0. The summed E-state index contributed by atoms with van der Waals surface area (Å²) in [5, 5.41) is 12.3. The lowest BCUT2D eigenvalue weighted by Crippen LogP contribution is -2.31. The Hall–Kier alpha value is -3.32. The molecule has 0 radical (unpaired) electrons. The molecule has 0 fully saturated rings. The van der Waals surface area contributed by atoms with E-state index in [1.54, 1.807) is 24.3 Å². The average Bonchev–Trinajstić information content (AvgIpc) is 3.34. The molecule has 3 aromatic carbocycles. The van der Waals surface area contributed by atoms with E-state index in [1.165, 1.54) is 47.4 Å². The SMILES string of the molecule is O=C(C1=C(O)C(=O)N(c2ccc(F)cc2)C1c1ccc(Cl)c(Cl)c1)c1cc2cc(Cl)ccc2o1. The number of carbonyl (C=O) groups excluding carboxylic acids is 2. The molecule has 1 amide bonds. The van der Waals surface area contributed by atoms with Crippen LogP contribution in [0.4, 0.5) is 10.1 Å². The van der Waals surface area contributed by atoms with Crippen LogP contribution in [0.2, 0.25) is 15.1 Å². The number of nitrogens with zero attached hydrogens (tertiary/aromatic N) is 1. The largest absolute Gasteiger partial charge is 0.503 e. The maximum Gasteiger partial charge on any atom is 0.294 e. The van der Waals surface area contributed by atoms with Crippen molar-refractivity contribution in [3.8, 4) is 0 Å². The molecule has 170 valence electrons. The monoisotopic (exact) mass is 515 g/mol. The molecule has 1 aliphatic rings. The van der Waals surface area contributed by atoms with E-state index in [1.807, 2.05) is 0 Å². The van der Waals surface area contributed by atoms with Crippen LogP contribution in [-0.2, 0) is 4.79 Å². The first-order valence-electron chi connectivity index (χ1n) is 9.95. The standard InChI is InChI=1S/C25H13Cl3FNO4/c26-14-2-8-19-13(9-14)11-20(34-19)23(31)21-22(12-1-7-17(27)18(28)10-12)30(25(33)24(21)32)16-5-3-15(29)4-6-16/h1-11,22,32H. The summed E-state index contributed by atoms with van der Waals surface area (Å²) < 4.78 is 19.2. The lowest BCUT2D eigenvalue weighted by molar-refractivity contribution is -0.117. The summed E-state index contributed by atoms with van der Waals surface area (Å²) in [6, 6.07) is 15.0. The smallest absolute Gasteiger partial charge is 0.294 e. The van der Waals surface area contributed by atoms with Crippen LogP contribution < -0.4 is 4.90 Å². The molecule has 0 bridgehead atoms. The Kier molecular flexibility index (Phi) is 5.60. The Bertz CT molecular complexity index is 1510. The van der Waals surface area contributed by atoms with E-state index < -0.39 is 29.3 Å². The number of aliphatic hydroxyl groups is 1. The highest BCUT2D eigenvalue weighted by atomic mass is 35.5. The lowest BCUT2D eigenvalue weighted by Gasteiger charge is -2.27. The van der Waals surface area contributed by atoms with Crippen molar-refractivity contribution in [1.29, 1.82) is 0 Å². The summed E-state index contributed by atoms with van der Waals surface area (Å²) in [5.74, 6) is -2.86. The number of hydrogen-bond donors (Lipinski definition) is 1. The highest BCUT2D eigenvalue weighted by molar-refractivity contribution is 6.42. The fourth-order valence-corrected chi connectivity index (χ4v) is 4.45. The molecule has 1 aromatic heterocycles. The number of furan rings is 1. The van der Waals surface area contributed by atoms with Gasteiger partial charge in [-0.05, 0) is 66.2 Å². The zero-order valence-corrected chi connectivity index (χ0v) is 19.3. The van der Waals surface area contributed by atoms with E-state index in [9.17, 15) is 19.1 Å². The van der Waals surface area contributed by atoms with E-state index in [2.05, 4.69) is 0 Å². The van der Waals surface area contributed by atoms with Crippen molar-refractivity contribution >= 4 is 63.1 Å². The van der Waals surface area contributed by atoms with Gasteiger partial charge >= 0.3 is 0 Å². The minimum atomic E-state index is -1.07. The summed E-state index contributed by atoms with van der Waals surface area (Å²) in [5.41, 5.74) is 0.892. The third-order valence-electron chi connectivity index (χ3n) is 5.52. The van der Waals surface area contributed by atoms with Crippen LogP contribution in [0.15, 0.2) is 82.5 Å². The van der Waals surface area contributed by atoms with Gasteiger partial charge in [0.05, 0.1) is 21.7 Å². The first-order valence-corrected chi connectivity index (χ1v) is 11.1. The summed E-state index contributed by atoms with van der Waals surface area (Å²) >= 11 is 18.3. The number of rotatable bonds is 4. The van der Waals surface area contributed by atoms with E-state index in [0.717, 1.165) is 0 Å². The van der Waals surface area contributed by atoms with Crippen LogP contribution in [-0.4, -0.2) is 16.8 Å². The number of benzene rings is 3. The molecule has 0 spiro atoms. The summed E-state index contributed by atoms with van der Waals surface area (Å²) in [6.07, 6.45) is 0. The highest BCUT2D eigenvalue weighted by Crippen LogP contribution is 2.43. The predicted molar refractivity (Wildman–Crippen MR) is 128 cm³/mol.